The molecule has 0 saturated heterocycles. The van der Waals surface area contributed by atoms with Crippen LogP contribution in [-0.4, -0.2) is 11.6 Å². The second kappa shape index (κ2) is 6.44. The van der Waals surface area contributed by atoms with Crippen LogP contribution >= 0.6 is 11.6 Å². The summed E-state index contributed by atoms with van der Waals surface area (Å²) in [5, 5.41) is 4.21. The maximum atomic E-state index is 6.05. The van der Waals surface area contributed by atoms with Gasteiger partial charge in [-0.2, -0.15) is 0 Å². The fraction of sp³-hybridized carbons (Fsp3) is 0.600. The van der Waals surface area contributed by atoms with Gasteiger partial charge in [-0.15, -0.1) is 0 Å². The number of hydrogen-bond acceptors (Lipinski definition) is 2. The minimum absolute atomic E-state index is 0.0793. The number of benzene rings is 1. The molecule has 18 heavy (non-hydrogen) atoms. The van der Waals surface area contributed by atoms with Crippen LogP contribution in [0.5, 0.6) is 5.75 Å². The molecule has 1 aromatic rings. The van der Waals surface area contributed by atoms with Crippen molar-refractivity contribution in [2.24, 2.45) is 0 Å². The Morgan fingerprint density at radius 3 is 2.56 bits per heavy atom. The van der Waals surface area contributed by atoms with Gasteiger partial charge in [-0.3, -0.25) is 0 Å². The first-order chi connectivity index (χ1) is 8.31. The topological polar surface area (TPSA) is 21.3 Å². The quantitative estimate of drug-likeness (QED) is 0.855. The van der Waals surface area contributed by atoms with Crippen LogP contribution in [-0.2, 0) is 6.54 Å². The zero-order chi connectivity index (χ0) is 13.8. The van der Waals surface area contributed by atoms with E-state index in [0.29, 0.717) is 0 Å². The highest BCUT2D eigenvalue weighted by Crippen LogP contribution is 2.24. The molecule has 1 aromatic carbocycles. The normalized spacial score (nSPS) is 13.4. The Kier molecular flexibility index (Phi) is 5.48. The third kappa shape index (κ3) is 5.28. The first-order valence-corrected chi connectivity index (χ1v) is 6.89. The van der Waals surface area contributed by atoms with E-state index in [2.05, 4.69) is 39.9 Å². The molecule has 0 aliphatic rings. The summed E-state index contributed by atoms with van der Waals surface area (Å²) in [4.78, 5) is 0. The van der Waals surface area contributed by atoms with Crippen LogP contribution < -0.4 is 10.1 Å². The van der Waals surface area contributed by atoms with Crippen LogP contribution in [0.4, 0.5) is 0 Å². The van der Waals surface area contributed by atoms with E-state index >= 15 is 0 Å². The molecule has 2 nitrogen and oxygen atoms in total. The molecule has 0 fully saturated rings. The molecule has 0 saturated carbocycles. The minimum Gasteiger partial charge on any atom is -0.490 e. The predicted molar refractivity (Wildman–Crippen MR) is 78.4 cm³/mol. The van der Waals surface area contributed by atoms with Crippen molar-refractivity contribution in [3.05, 3.63) is 28.8 Å². The highest BCUT2D eigenvalue weighted by atomic mass is 35.5. The first-order valence-electron chi connectivity index (χ1n) is 6.52. The van der Waals surface area contributed by atoms with Crippen molar-refractivity contribution in [2.45, 2.75) is 59.2 Å². The zero-order valence-electron chi connectivity index (χ0n) is 12.0. The molecule has 0 aliphatic heterocycles. The van der Waals surface area contributed by atoms with E-state index in [1.54, 1.807) is 0 Å². The summed E-state index contributed by atoms with van der Waals surface area (Å²) in [6.45, 7) is 11.4. The smallest absolute Gasteiger partial charge is 0.124 e. The SMILES string of the molecule is CCC(C)Oc1ccc(Cl)cc1CNC(C)(C)C. The van der Waals surface area contributed by atoms with Crippen molar-refractivity contribution in [3.8, 4) is 5.75 Å². The molecule has 0 heterocycles. The van der Waals surface area contributed by atoms with Crippen LogP contribution in [0.3, 0.4) is 0 Å². The molecule has 0 bridgehead atoms. The Hall–Kier alpha value is -0.730. The maximum Gasteiger partial charge on any atom is 0.124 e. The second-order valence-electron chi connectivity index (χ2n) is 5.69. The fourth-order valence-electron chi connectivity index (χ4n) is 1.46. The summed E-state index contributed by atoms with van der Waals surface area (Å²) in [5.41, 5.74) is 1.19. The summed E-state index contributed by atoms with van der Waals surface area (Å²) in [7, 11) is 0. The van der Waals surface area contributed by atoms with E-state index in [-0.39, 0.29) is 11.6 Å². The molecule has 0 radical (unpaired) electrons. The third-order valence-corrected chi connectivity index (χ3v) is 2.97. The number of hydrogen-bond donors (Lipinski definition) is 1. The Morgan fingerprint density at radius 1 is 1.33 bits per heavy atom. The highest BCUT2D eigenvalue weighted by Gasteiger charge is 2.12. The predicted octanol–water partition coefficient (Wildman–Crippen LogP) is 4.41. The summed E-state index contributed by atoms with van der Waals surface area (Å²) < 4.78 is 5.92. The van der Waals surface area contributed by atoms with Gasteiger partial charge >= 0.3 is 0 Å². The average molecular weight is 270 g/mol. The van der Waals surface area contributed by atoms with Crippen LogP contribution in [0.1, 0.15) is 46.6 Å². The van der Waals surface area contributed by atoms with Crippen molar-refractivity contribution in [1.82, 2.24) is 5.32 Å². The molecule has 1 unspecified atom stereocenters. The third-order valence-electron chi connectivity index (χ3n) is 2.73. The summed E-state index contributed by atoms with van der Waals surface area (Å²) in [6.07, 6.45) is 1.22. The van der Waals surface area contributed by atoms with Crippen LogP contribution in [0.2, 0.25) is 5.02 Å². The lowest BCUT2D eigenvalue weighted by Crippen LogP contribution is -2.35. The van der Waals surface area contributed by atoms with Gasteiger partial charge in [0.2, 0.25) is 0 Å². The number of nitrogens with one attached hydrogen (secondary N) is 1. The van der Waals surface area contributed by atoms with Gasteiger partial charge in [0.15, 0.2) is 0 Å². The number of rotatable bonds is 5. The zero-order valence-corrected chi connectivity index (χ0v) is 12.8. The molecule has 0 aromatic heterocycles. The number of ether oxygens (including phenoxy) is 1. The van der Waals surface area contributed by atoms with Crippen molar-refractivity contribution < 1.29 is 4.74 Å². The monoisotopic (exact) mass is 269 g/mol. The van der Waals surface area contributed by atoms with Crippen LogP contribution in [0, 0.1) is 0 Å². The van der Waals surface area contributed by atoms with Gasteiger partial charge in [0, 0.05) is 22.7 Å². The first kappa shape index (κ1) is 15.3. The van der Waals surface area contributed by atoms with Gasteiger partial charge in [0.1, 0.15) is 5.75 Å². The second-order valence-corrected chi connectivity index (χ2v) is 6.13. The highest BCUT2D eigenvalue weighted by molar-refractivity contribution is 6.30. The Morgan fingerprint density at radius 2 is 2.00 bits per heavy atom. The molecule has 1 N–H and O–H groups in total. The Labute approximate surface area is 116 Å². The molecular weight excluding hydrogens is 246 g/mol. The lowest BCUT2D eigenvalue weighted by molar-refractivity contribution is 0.214. The molecule has 1 atom stereocenters. The van der Waals surface area contributed by atoms with Crippen molar-refractivity contribution in [3.63, 3.8) is 0 Å². The molecule has 0 aliphatic carbocycles. The van der Waals surface area contributed by atoms with Crippen molar-refractivity contribution >= 4 is 11.6 Å². The van der Waals surface area contributed by atoms with E-state index in [9.17, 15) is 0 Å². The lowest BCUT2D eigenvalue weighted by Gasteiger charge is -2.22. The molecular formula is C15H24ClNO. The van der Waals surface area contributed by atoms with Gasteiger partial charge in [0.05, 0.1) is 6.10 Å². The van der Waals surface area contributed by atoms with Crippen molar-refractivity contribution in [2.75, 3.05) is 0 Å². The van der Waals surface area contributed by atoms with E-state index in [1.807, 2.05) is 18.2 Å². The van der Waals surface area contributed by atoms with Crippen LogP contribution in [0.15, 0.2) is 18.2 Å². The van der Waals surface area contributed by atoms with Crippen molar-refractivity contribution in [1.29, 1.82) is 0 Å². The molecule has 0 amide bonds. The van der Waals surface area contributed by atoms with Gasteiger partial charge in [-0.05, 0) is 52.3 Å². The molecule has 0 spiro atoms. The summed E-state index contributed by atoms with van der Waals surface area (Å²) >= 11 is 6.05. The van der Waals surface area contributed by atoms with Crippen LogP contribution in [0.25, 0.3) is 0 Å². The van der Waals surface area contributed by atoms with E-state index < -0.39 is 0 Å². The van der Waals surface area contributed by atoms with Gasteiger partial charge in [0.25, 0.3) is 0 Å². The van der Waals surface area contributed by atoms with Gasteiger partial charge < -0.3 is 10.1 Å². The molecule has 3 heteroatoms. The van der Waals surface area contributed by atoms with E-state index in [1.165, 1.54) is 0 Å². The fourth-order valence-corrected chi connectivity index (χ4v) is 1.66. The molecule has 1 rings (SSSR count). The van der Waals surface area contributed by atoms with E-state index in [4.69, 9.17) is 16.3 Å². The summed E-state index contributed by atoms with van der Waals surface area (Å²) in [5.74, 6) is 0.922. The summed E-state index contributed by atoms with van der Waals surface area (Å²) in [6, 6.07) is 5.80. The minimum atomic E-state index is 0.0793. The lowest BCUT2D eigenvalue weighted by atomic mass is 10.1. The van der Waals surface area contributed by atoms with Gasteiger partial charge in [-0.1, -0.05) is 18.5 Å². The largest absolute Gasteiger partial charge is 0.490 e. The standard InChI is InChI=1S/C15H24ClNO/c1-6-11(2)18-14-8-7-13(16)9-12(14)10-17-15(3,4)5/h7-9,11,17H,6,10H2,1-5H3. The maximum absolute atomic E-state index is 6.05. The number of halogens is 1. The molecule has 102 valence electrons. The Balaban J connectivity index is 2.83. The Bertz CT molecular complexity index is 385. The van der Waals surface area contributed by atoms with Gasteiger partial charge in [-0.25, -0.2) is 0 Å². The van der Waals surface area contributed by atoms with E-state index in [0.717, 1.165) is 29.3 Å². The average Bonchev–Trinajstić information content (AvgIpc) is 2.28.